The van der Waals surface area contributed by atoms with Crippen molar-refractivity contribution in [2.45, 2.75) is 20.8 Å². The zero-order chi connectivity index (χ0) is 23.0. The summed E-state index contributed by atoms with van der Waals surface area (Å²) in [5, 5.41) is 3.95. The van der Waals surface area contributed by atoms with Crippen molar-refractivity contribution in [3.63, 3.8) is 0 Å². The van der Waals surface area contributed by atoms with Crippen LogP contribution in [0.2, 0.25) is 0 Å². The Balaban J connectivity index is 2.10. The van der Waals surface area contributed by atoms with Crippen molar-refractivity contribution in [1.82, 2.24) is 5.43 Å². The summed E-state index contributed by atoms with van der Waals surface area (Å²) in [6.07, 6.45) is 2.56. The fourth-order valence-corrected chi connectivity index (χ4v) is 3.93. The van der Waals surface area contributed by atoms with Gasteiger partial charge in [-0.3, -0.25) is 9.10 Å². The van der Waals surface area contributed by atoms with Crippen molar-refractivity contribution in [2.24, 2.45) is 5.10 Å². The van der Waals surface area contributed by atoms with Gasteiger partial charge in [0.25, 0.3) is 5.91 Å². The maximum Gasteiger partial charge on any atom is 0.260 e. The SMILES string of the molecule is CCN(CC)c1ccc(/C=N\NC(=O)CN(c2cc(C)ccc2OC)S(C)(=O)=O)cc1. The zero-order valence-electron chi connectivity index (χ0n) is 18.6. The summed E-state index contributed by atoms with van der Waals surface area (Å²) < 4.78 is 30.9. The Morgan fingerprint density at radius 2 is 1.77 bits per heavy atom. The molecule has 0 fully saturated rings. The summed E-state index contributed by atoms with van der Waals surface area (Å²) in [4.78, 5) is 14.6. The Kier molecular flexibility index (Phi) is 8.44. The van der Waals surface area contributed by atoms with Crippen molar-refractivity contribution < 1.29 is 17.9 Å². The van der Waals surface area contributed by atoms with Crippen LogP contribution in [0, 0.1) is 6.92 Å². The molecule has 0 aliphatic rings. The molecule has 0 heterocycles. The number of nitrogens with one attached hydrogen (secondary N) is 1. The summed E-state index contributed by atoms with van der Waals surface area (Å²) in [7, 11) is -2.27. The normalized spacial score (nSPS) is 11.4. The minimum absolute atomic E-state index is 0.302. The third-order valence-corrected chi connectivity index (χ3v) is 5.84. The number of hydrogen-bond donors (Lipinski definition) is 1. The van der Waals surface area contributed by atoms with E-state index in [9.17, 15) is 13.2 Å². The third kappa shape index (κ3) is 6.71. The van der Waals surface area contributed by atoms with Crippen LogP contribution in [-0.4, -0.2) is 53.5 Å². The van der Waals surface area contributed by atoms with Gasteiger partial charge in [-0.2, -0.15) is 5.10 Å². The molecule has 2 rings (SSSR count). The lowest BCUT2D eigenvalue weighted by Gasteiger charge is -2.23. The third-order valence-electron chi connectivity index (χ3n) is 4.72. The second-order valence-corrected chi connectivity index (χ2v) is 8.91. The minimum atomic E-state index is -3.72. The number of nitrogens with zero attached hydrogens (tertiary/aromatic N) is 3. The fraction of sp³-hybridized carbons (Fsp3) is 0.364. The van der Waals surface area contributed by atoms with E-state index in [2.05, 4.69) is 29.3 Å². The average molecular weight is 447 g/mol. The predicted molar refractivity (Wildman–Crippen MR) is 126 cm³/mol. The summed E-state index contributed by atoms with van der Waals surface area (Å²) in [6, 6.07) is 12.9. The Labute approximate surface area is 184 Å². The highest BCUT2D eigenvalue weighted by Crippen LogP contribution is 2.30. The van der Waals surface area contributed by atoms with Gasteiger partial charge in [-0.15, -0.1) is 0 Å². The van der Waals surface area contributed by atoms with Crippen LogP contribution in [0.3, 0.4) is 0 Å². The molecule has 0 radical (unpaired) electrons. The van der Waals surface area contributed by atoms with Crippen LogP contribution < -0.4 is 19.4 Å². The number of hydrogen-bond acceptors (Lipinski definition) is 6. The molecule has 31 heavy (non-hydrogen) atoms. The highest BCUT2D eigenvalue weighted by atomic mass is 32.2. The van der Waals surface area contributed by atoms with Gasteiger partial charge >= 0.3 is 0 Å². The van der Waals surface area contributed by atoms with Gasteiger partial charge in [-0.05, 0) is 56.2 Å². The molecule has 2 aromatic carbocycles. The number of rotatable bonds is 10. The van der Waals surface area contributed by atoms with Crippen LogP contribution in [0.15, 0.2) is 47.6 Å². The highest BCUT2D eigenvalue weighted by Gasteiger charge is 2.24. The molecule has 0 saturated carbocycles. The number of anilines is 2. The van der Waals surface area contributed by atoms with Gasteiger partial charge in [-0.1, -0.05) is 18.2 Å². The van der Waals surface area contributed by atoms with Crippen molar-refractivity contribution >= 4 is 33.5 Å². The Morgan fingerprint density at radius 3 is 2.32 bits per heavy atom. The van der Waals surface area contributed by atoms with Crippen molar-refractivity contribution in [1.29, 1.82) is 0 Å². The number of hydrazone groups is 1. The van der Waals surface area contributed by atoms with Crippen LogP contribution in [-0.2, 0) is 14.8 Å². The molecule has 0 aliphatic carbocycles. The van der Waals surface area contributed by atoms with E-state index < -0.39 is 22.5 Å². The monoisotopic (exact) mass is 446 g/mol. The van der Waals surface area contributed by atoms with Crippen molar-refractivity contribution in [2.75, 3.05) is 42.2 Å². The smallest absolute Gasteiger partial charge is 0.260 e. The molecular weight excluding hydrogens is 416 g/mol. The van der Waals surface area contributed by atoms with Gasteiger partial charge < -0.3 is 9.64 Å². The number of carbonyl (C=O) groups is 1. The topological polar surface area (TPSA) is 91.3 Å². The first-order valence-electron chi connectivity index (χ1n) is 9.98. The van der Waals surface area contributed by atoms with Gasteiger partial charge in [-0.25, -0.2) is 13.8 Å². The number of benzene rings is 2. The zero-order valence-corrected chi connectivity index (χ0v) is 19.4. The average Bonchev–Trinajstić information content (AvgIpc) is 2.73. The van der Waals surface area contributed by atoms with Crippen LogP contribution in [0.1, 0.15) is 25.0 Å². The van der Waals surface area contributed by atoms with Crippen LogP contribution >= 0.6 is 0 Å². The van der Waals surface area contributed by atoms with Gasteiger partial charge in [0.1, 0.15) is 12.3 Å². The van der Waals surface area contributed by atoms with E-state index in [-0.39, 0.29) is 0 Å². The maximum absolute atomic E-state index is 12.4. The molecule has 0 saturated heterocycles. The fourth-order valence-electron chi connectivity index (χ4n) is 3.08. The molecule has 1 amide bonds. The first-order valence-corrected chi connectivity index (χ1v) is 11.8. The van der Waals surface area contributed by atoms with Crippen molar-refractivity contribution in [3.8, 4) is 5.75 Å². The van der Waals surface area contributed by atoms with E-state index in [4.69, 9.17) is 4.74 Å². The maximum atomic E-state index is 12.4. The number of sulfonamides is 1. The predicted octanol–water partition coefficient (Wildman–Crippen LogP) is 2.77. The molecule has 2 aromatic rings. The molecule has 168 valence electrons. The number of ether oxygens (including phenoxy) is 1. The summed E-state index contributed by atoms with van der Waals surface area (Å²) in [6.45, 7) is 7.45. The summed E-state index contributed by atoms with van der Waals surface area (Å²) in [5.74, 6) is -0.203. The van der Waals surface area contributed by atoms with Crippen LogP contribution in [0.5, 0.6) is 5.75 Å². The lowest BCUT2D eigenvalue weighted by Crippen LogP contribution is -2.39. The quantitative estimate of drug-likeness (QED) is 0.448. The molecule has 8 nitrogen and oxygen atoms in total. The molecule has 0 unspecified atom stereocenters. The molecule has 9 heteroatoms. The second kappa shape index (κ2) is 10.8. The number of aryl methyl sites for hydroxylation is 1. The molecule has 0 atom stereocenters. The Morgan fingerprint density at radius 1 is 1.13 bits per heavy atom. The molecule has 1 N–H and O–H groups in total. The first-order chi connectivity index (χ1) is 14.7. The minimum Gasteiger partial charge on any atom is -0.495 e. The van der Waals surface area contributed by atoms with E-state index in [1.54, 1.807) is 18.2 Å². The van der Waals surface area contributed by atoms with E-state index in [0.717, 1.165) is 40.5 Å². The summed E-state index contributed by atoms with van der Waals surface area (Å²) in [5.41, 5.74) is 5.46. The Bertz CT molecular complexity index is 1020. The first kappa shape index (κ1) is 24.2. The van der Waals surface area contributed by atoms with Gasteiger partial charge in [0.05, 0.1) is 25.3 Å². The number of methoxy groups -OCH3 is 1. The number of amides is 1. The van der Waals surface area contributed by atoms with E-state index in [0.29, 0.717) is 11.4 Å². The number of carbonyl (C=O) groups excluding carboxylic acids is 1. The largest absolute Gasteiger partial charge is 0.495 e. The van der Waals surface area contributed by atoms with E-state index in [1.165, 1.54) is 13.3 Å². The summed E-state index contributed by atoms with van der Waals surface area (Å²) >= 11 is 0. The van der Waals surface area contributed by atoms with E-state index >= 15 is 0 Å². The van der Waals surface area contributed by atoms with Gasteiger partial charge in [0.2, 0.25) is 10.0 Å². The van der Waals surface area contributed by atoms with Crippen LogP contribution in [0.4, 0.5) is 11.4 Å². The lowest BCUT2D eigenvalue weighted by atomic mass is 10.2. The standard InChI is InChI=1S/C22H30N4O4S/c1-6-25(7-2)19-11-9-18(10-12-19)15-23-24-22(27)16-26(31(5,28)29)20-14-17(3)8-13-21(20)30-4/h8-15H,6-7,16H2,1-5H3,(H,24,27)/b23-15-. The molecule has 0 aromatic heterocycles. The molecule has 0 bridgehead atoms. The van der Waals surface area contributed by atoms with Crippen LogP contribution in [0.25, 0.3) is 0 Å². The molecule has 0 spiro atoms. The second-order valence-electron chi connectivity index (χ2n) is 7.00. The van der Waals surface area contributed by atoms with E-state index in [1.807, 2.05) is 31.2 Å². The van der Waals surface area contributed by atoms with Crippen molar-refractivity contribution in [3.05, 3.63) is 53.6 Å². The molecular formula is C22H30N4O4S. The van der Waals surface area contributed by atoms with Gasteiger partial charge in [0.15, 0.2) is 0 Å². The molecule has 0 aliphatic heterocycles. The Hall–Kier alpha value is -3.07. The van der Waals surface area contributed by atoms with Gasteiger partial charge in [0, 0.05) is 18.8 Å². The lowest BCUT2D eigenvalue weighted by molar-refractivity contribution is -0.119. The highest BCUT2D eigenvalue weighted by molar-refractivity contribution is 7.92.